The Bertz CT molecular complexity index is 309. The molecule has 6 heteroatoms. The molecule has 0 spiro atoms. The predicted octanol–water partition coefficient (Wildman–Crippen LogP) is 0.218. The molecule has 1 aromatic heterocycles. The molecular formula is C10H19N5O. The highest BCUT2D eigenvalue weighted by molar-refractivity contribution is 5.90. The van der Waals surface area contributed by atoms with Crippen molar-refractivity contribution >= 4 is 5.91 Å². The lowest BCUT2D eigenvalue weighted by Gasteiger charge is -2.20. The number of nitrogens with zero attached hydrogens (tertiary/aromatic N) is 4. The van der Waals surface area contributed by atoms with Crippen molar-refractivity contribution in [2.24, 2.45) is 0 Å². The molecule has 16 heavy (non-hydrogen) atoms. The molecule has 0 fully saturated rings. The fourth-order valence-corrected chi connectivity index (χ4v) is 1.44. The second kappa shape index (κ2) is 6.22. The molecule has 1 rings (SSSR count). The fraction of sp³-hybridized carbons (Fsp3) is 0.700. The average molecular weight is 225 g/mol. The van der Waals surface area contributed by atoms with Gasteiger partial charge in [0.25, 0.3) is 5.91 Å². The number of aromatic amines is 1. The van der Waals surface area contributed by atoms with E-state index in [2.05, 4.69) is 20.1 Å². The summed E-state index contributed by atoms with van der Waals surface area (Å²) in [5, 5.41) is 6.26. The van der Waals surface area contributed by atoms with E-state index in [0.29, 0.717) is 12.4 Å². The Morgan fingerprint density at radius 2 is 2.19 bits per heavy atom. The van der Waals surface area contributed by atoms with Gasteiger partial charge < -0.3 is 9.80 Å². The van der Waals surface area contributed by atoms with E-state index in [1.54, 1.807) is 4.90 Å². The Morgan fingerprint density at radius 3 is 2.69 bits per heavy atom. The first-order valence-corrected chi connectivity index (χ1v) is 5.44. The SMILES string of the molecule is CCN(CCCN(C)C)C(=O)c1ncn[nH]1. The molecule has 0 aliphatic rings. The maximum absolute atomic E-state index is 11.9. The van der Waals surface area contributed by atoms with Gasteiger partial charge in [0.1, 0.15) is 6.33 Å². The van der Waals surface area contributed by atoms with E-state index in [9.17, 15) is 4.79 Å². The minimum absolute atomic E-state index is 0.0845. The van der Waals surface area contributed by atoms with Crippen molar-refractivity contribution in [3.63, 3.8) is 0 Å². The summed E-state index contributed by atoms with van der Waals surface area (Å²) in [7, 11) is 4.04. The third-order valence-electron chi connectivity index (χ3n) is 2.32. The zero-order valence-corrected chi connectivity index (χ0v) is 10.1. The highest BCUT2D eigenvalue weighted by Crippen LogP contribution is 1.99. The van der Waals surface area contributed by atoms with Crippen LogP contribution in [0.4, 0.5) is 0 Å². The van der Waals surface area contributed by atoms with Gasteiger partial charge in [-0.05, 0) is 34.0 Å². The Labute approximate surface area is 95.6 Å². The Kier molecular flexibility index (Phi) is 4.91. The van der Waals surface area contributed by atoms with Crippen molar-refractivity contribution in [3.05, 3.63) is 12.2 Å². The molecule has 0 radical (unpaired) electrons. The summed E-state index contributed by atoms with van der Waals surface area (Å²) >= 11 is 0. The summed E-state index contributed by atoms with van der Waals surface area (Å²) < 4.78 is 0. The quantitative estimate of drug-likeness (QED) is 0.752. The van der Waals surface area contributed by atoms with Crippen molar-refractivity contribution in [1.29, 1.82) is 0 Å². The lowest BCUT2D eigenvalue weighted by atomic mass is 10.3. The number of carbonyl (C=O) groups excluding carboxylic acids is 1. The molecule has 1 heterocycles. The first kappa shape index (κ1) is 12.6. The molecule has 1 amide bonds. The van der Waals surface area contributed by atoms with Crippen LogP contribution in [0.3, 0.4) is 0 Å². The van der Waals surface area contributed by atoms with Gasteiger partial charge in [0.05, 0.1) is 0 Å². The number of hydrogen-bond acceptors (Lipinski definition) is 4. The van der Waals surface area contributed by atoms with Gasteiger partial charge in [-0.2, -0.15) is 5.10 Å². The van der Waals surface area contributed by atoms with Crippen molar-refractivity contribution < 1.29 is 4.79 Å². The van der Waals surface area contributed by atoms with E-state index in [1.807, 2.05) is 21.0 Å². The van der Waals surface area contributed by atoms with Gasteiger partial charge in [-0.1, -0.05) is 0 Å². The van der Waals surface area contributed by atoms with Crippen molar-refractivity contribution in [3.8, 4) is 0 Å². The van der Waals surface area contributed by atoms with E-state index in [0.717, 1.165) is 19.5 Å². The summed E-state index contributed by atoms with van der Waals surface area (Å²) in [6.07, 6.45) is 2.31. The maximum atomic E-state index is 11.9. The van der Waals surface area contributed by atoms with Crippen LogP contribution in [0.2, 0.25) is 0 Å². The largest absolute Gasteiger partial charge is 0.336 e. The van der Waals surface area contributed by atoms with Crippen LogP contribution in [0, 0.1) is 0 Å². The number of rotatable bonds is 6. The molecule has 0 saturated heterocycles. The van der Waals surface area contributed by atoms with Gasteiger partial charge >= 0.3 is 0 Å². The van der Waals surface area contributed by atoms with Crippen molar-refractivity contribution in [2.45, 2.75) is 13.3 Å². The first-order chi connectivity index (χ1) is 7.65. The van der Waals surface area contributed by atoms with Gasteiger partial charge in [0.15, 0.2) is 0 Å². The molecule has 0 aliphatic heterocycles. The van der Waals surface area contributed by atoms with E-state index < -0.39 is 0 Å². The smallest absolute Gasteiger partial charge is 0.291 e. The fourth-order valence-electron chi connectivity index (χ4n) is 1.44. The highest BCUT2D eigenvalue weighted by Gasteiger charge is 2.16. The van der Waals surface area contributed by atoms with Crippen LogP contribution in [0.5, 0.6) is 0 Å². The van der Waals surface area contributed by atoms with Crippen molar-refractivity contribution in [2.75, 3.05) is 33.7 Å². The summed E-state index contributed by atoms with van der Waals surface area (Å²) in [6, 6.07) is 0. The molecule has 90 valence electrons. The third-order valence-corrected chi connectivity index (χ3v) is 2.32. The summed E-state index contributed by atoms with van der Waals surface area (Å²) in [5.74, 6) is 0.227. The number of nitrogens with one attached hydrogen (secondary N) is 1. The lowest BCUT2D eigenvalue weighted by molar-refractivity contribution is 0.0747. The van der Waals surface area contributed by atoms with Crippen LogP contribution in [0.15, 0.2) is 6.33 Å². The minimum atomic E-state index is -0.0845. The second-order valence-electron chi connectivity index (χ2n) is 3.88. The Hall–Kier alpha value is -1.43. The van der Waals surface area contributed by atoms with Gasteiger partial charge in [0.2, 0.25) is 5.82 Å². The molecule has 1 N–H and O–H groups in total. The van der Waals surface area contributed by atoms with Crippen LogP contribution in [-0.2, 0) is 0 Å². The standard InChI is InChI=1S/C10H19N5O/c1-4-15(7-5-6-14(2)3)10(16)9-11-8-12-13-9/h8H,4-7H2,1-3H3,(H,11,12,13). The monoisotopic (exact) mass is 225 g/mol. The van der Waals surface area contributed by atoms with Gasteiger partial charge in [0, 0.05) is 13.1 Å². The summed E-state index contributed by atoms with van der Waals surface area (Å²) in [5.41, 5.74) is 0. The molecular weight excluding hydrogens is 206 g/mol. The van der Waals surface area contributed by atoms with E-state index in [1.165, 1.54) is 6.33 Å². The molecule has 0 atom stereocenters. The molecule has 6 nitrogen and oxygen atoms in total. The summed E-state index contributed by atoms with van der Waals surface area (Å²) in [6.45, 7) is 4.37. The number of carbonyl (C=O) groups is 1. The van der Waals surface area contributed by atoms with Gasteiger partial charge in [-0.25, -0.2) is 4.98 Å². The molecule has 0 aliphatic carbocycles. The van der Waals surface area contributed by atoms with Crippen LogP contribution >= 0.6 is 0 Å². The second-order valence-corrected chi connectivity index (χ2v) is 3.88. The number of amides is 1. The Balaban J connectivity index is 2.45. The average Bonchev–Trinajstić information content (AvgIpc) is 2.76. The first-order valence-electron chi connectivity index (χ1n) is 5.44. The molecule has 0 bridgehead atoms. The number of aromatic nitrogens is 3. The zero-order valence-electron chi connectivity index (χ0n) is 10.1. The van der Waals surface area contributed by atoms with Crippen LogP contribution in [-0.4, -0.2) is 64.6 Å². The molecule has 1 aromatic rings. The van der Waals surface area contributed by atoms with Crippen LogP contribution in [0.25, 0.3) is 0 Å². The van der Waals surface area contributed by atoms with E-state index in [-0.39, 0.29) is 5.91 Å². The number of H-pyrrole nitrogens is 1. The van der Waals surface area contributed by atoms with Gasteiger partial charge in [-0.3, -0.25) is 9.89 Å². The molecule has 0 unspecified atom stereocenters. The van der Waals surface area contributed by atoms with E-state index >= 15 is 0 Å². The van der Waals surface area contributed by atoms with Gasteiger partial charge in [-0.15, -0.1) is 0 Å². The zero-order chi connectivity index (χ0) is 12.0. The minimum Gasteiger partial charge on any atom is -0.336 e. The van der Waals surface area contributed by atoms with Crippen LogP contribution < -0.4 is 0 Å². The van der Waals surface area contributed by atoms with E-state index in [4.69, 9.17) is 0 Å². The predicted molar refractivity (Wildman–Crippen MR) is 61.1 cm³/mol. The Morgan fingerprint density at radius 1 is 1.44 bits per heavy atom. The third kappa shape index (κ3) is 3.62. The highest BCUT2D eigenvalue weighted by atomic mass is 16.2. The maximum Gasteiger partial charge on any atom is 0.291 e. The summed E-state index contributed by atoms with van der Waals surface area (Å²) in [4.78, 5) is 19.6. The molecule has 0 aromatic carbocycles. The van der Waals surface area contributed by atoms with Crippen LogP contribution in [0.1, 0.15) is 24.0 Å². The number of hydrogen-bond donors (Lipinski definition) is 1. The topological polar surface area (TPSA) is 65.1 Å². The molecule has 0 saturated carbocycles. The lowest BCUT2D eigenvalue weighted by Crippen LogP contribution is -2.33. The van der Waals surface area contributed by atoms with Crippen molar-refractivity contribution in [1.82, 2.24) is 25.0 Å². The normalized spacial score (nSPS) is 10.8.